The van der Waals surface area contributed by atoms with Crippen molar-refractivity contribution in [1.82, 2.24) is 5.16 Å². The molecule has 2 aromatic rings. The van der Waals surface area contributed by atoms with Gasteiger partial charge in [-0.1, -0.05) is 25.1 Å². The quantitative estimate of drug-likeness (QED) is 0.728. The van der Waals surface area contributed by atoms with Crippen LogP contribution in [0.1, 0.15) is 25.5 Å². The van der Waals surface area contributed by atoms with Crippen LogP contribution < -0.4 is 0 Å². The van der Waals surface area contributed by atoms with Gasteiger partial charge >= 0.3 is 0 Å². The van der Waals surface area contributed by atoms with E-state index in [9.17, 15) is 5.11 Å². The van der Waals surface area contributed by atoms with Crippen molar-refractivity contribution in [3.8, 4) is 5.75 Å². The van der Waals surface area contributed by atoms with E-state index >= 15 is 0 Å². The summed E-state index contributed by atoms with van der Waals surface area (Å²) in [5.41, 5.74) is 1.46. The molecule has 0 saturated carbocycles. The molecule has 0 saturated heterocycles. The van der Waals surface area contributed by atoms with E-state index in [1.54, 1.807) is 18.2 Å². The summed E-state index contributed by atoms with van der Waals surface area (Å²) in [5, 5.41) is 14.2. The molecule has 68 valence electrons. The maximum absolute atomic E-state index is 9.59. The molecule has 2 rings (SSSR count). The number of hydrogen-bond acceptors (Lipinski definition) is 3. The molecule has 0 fully saturated rings. The summed E-state index contributed by atoms with van der Waals surface area (Å²) in [6.45, 7) is 4.04. The second kappa shape index (κ2) is 2.76. The first-order valence-corrected chi connectivity index (χ1v) is 4.27. The van der Waals surface area contributed by atoms with E-state index in [4.69, 9.17) is 4.52 Å². The normalized spacial score (nSPS) is 11.3. The van der Waals surface area contributed by atoms with Crippen LogP contribution in [0.15, 0.2) is 22.7 Å². The Hall–Kier alpha value is -1.51. The molecule has 13 heavy (non-hydrogen) atoms. The number of rotatable bonds is 1. The van der Waals surface area contributed by atoms with Crippen LogP contribution in [0.25, 0.3) is 11.0 Å². The Bertz CT molecular complexity index is 431. The Morgan fingerprint density at radius 1 is 1.38 bits per heavy atom. The van der Waals surface area contributed by atoms with Crippen LogP contribution >= 0.6 is 0 Å². The number of benzene rings is 1. The van der Waals surface area contributed by atoms with Crippen molar-refractivity contribution in [1.29, 1.82) is 0 Å². The molecule has 0 spiro atoms. The smallest absolute Gasteiger partial charge is 0.170 e. The van der Waals surface area contributed by atoms with Crippen LogP contribution in [0.5, 0.6) is 5.75 Å². The molecule has 0 radical (unpaired) electrons. The molecule has 0 aliphatic heterocycles. The summed E-state index contributed by atoms with van der Waals surface area (Å²) in [4.78, 5) is 0. The Morgan fingerprint density at radius 2 is 2.15 bits per heavy atom. The van der Waals surface area contributed by atoms with Gasteiger partial charge < -0.3 is 9.63 Å². The second-order valence-corrected chi connectivity index (χ2v) is 3.37. The number of phenolic OH excluding ortho intramolecular Hbond substituents is 1. The second-order valence-electron chi connectivity index (χ2n) is 3.37. The fraction of sp³-hybridized carbons (Fsp3) is 0.300. The fourth-order valence-corrected chi connectivity index (χ4v) is 1.39. The lowest BCUT2D eigenvalue weighted by atomic mass is 10.1. The zero-order chi connectivity index (χ0) is 9.42. The third-order valence-electron chi connectivity index (χ3n) is 2.05. The summed E-state index contributed by atoms with van der Waals surface area (Å²) in [6.07, 6.45) is 0. The van der Waals surface area contributed by atoms with Crippen LogP contribution in [0, 0.1) is 0 Å². The third kappa shape index (κ3) is 1.16. The molecule has 0 amide bonds. The van der Waals surface area contributed by atoms with Crippen molar-refractivity contribution in [2.45, 2.75) is 19.8 Å². The van der Waals surface area contributed by atoms with Gasteiger partial charge in [-0.05, 0) is 18.1 Å². The van der Waals surface area contributed by atoms with Crippen LogP contribution in [-0.2, 0) is 0 Å². The number of aromatic hydroxyl groups is 1. The van der Waals surface area contributed by atoms with Gasteiger partial charge in [-0.25, -0.2) is 0 Å². The number of aromatic nitrogens is 1. The van der Waals surface area contributed by atoms with Gasteiger partial charge in [-0.15, -0.1) is 0 Å². The highest BCUT2D eigenvalue weighted by Gasteiger charge is 2.14. The molecular formula is C10H11NO2. The van der Waals surface area contributed by atoms with E-state index in [0.29, 0.717) is 5.58 Å². The number of phenols is 1. The molecule has 0 aliphatic rings. The van der Waals surface area contributed by atoms with Crippen molar-refractivity contribution in [2.75, 3.05) is 0 Å². The highest BCUT2D eigenvalue weighted by Crippen LogP contribution is 2.31. The first kappa shape index (κ1) is 8.10. The Kier molecular flexibility index (Phi) is 1.72. The molecule has 0 bridgehead atoms. The SMILES string of the molecule is CC(C)c1noc2cccc(O)c12. The van der Waals surface area contributed by atoms with E-state index in [0.717, 1.165) is 11.1 Å². The van der Waals surface area contributed by atoms with Crippen molar-refractivity contribution in [3.63, 3.8) is 0 Å². The topological polar surface area (TPSA) is 46.3 Å². The van der Waals surface area contributed by atoms with Crippen molar-refractivity contribution in [2.24, 2.45) is 0 Å². The minimum Gasteiger partial charge on any atom is -0.507 e. The van der Waals surface area contributed by atoms with Crippen molar-refractivity contribution >= 4 is 11.0 Å². The number of hydrogen-bond donors (Lipinski definition) is 1. The minimum atomic E-state index is 0.238. The maximum Gasteiger partial charge on any atom is 0.170 e. The summed E-state index contributed by atoms with van der Waals surface area (Å²) in [5.74, 6) is 0.497. The largest absolute Gasteiger partial charge is 0.507 e. The lowest BCUT2D eigenvalue weighted by Gasteiger charge is -1.99. The molecule has 0 unspecified atom stereocenters. The molecular weight excluding hydrogens is 166 g/mol. The van der Waals surface area contributed by atoms with Crippen LogP contribution in [0.2, 0.25) is 0 Å². The zero-order valence-corrected chi connectivity index (χ0v) is 7.61. The van der Waals surface area contributed by atoms with E-state index in [1.807, 2.05) is 13.8 Å². The number of nitrogens with zero attached hydrogens (tertiary/aromatic N) is 1. The fourth-order valence-electron chi connectivity index (χ4n) is 1.39. The minimum absolute atomic E-state index is 0.238. The van der Waals surface area contributed by atoms with Crippen LogP contribution in [0.4, 0.5) is 0 Å². The molecule has 1 N–H and O–H groups in total. The molecule has 1 aromatic carbocycles. The standard InChI is InChI=1S/C10H11NO2/c1-6(2)10-9-7(12)4-3-5-8(9)13-11-10/h3-6,12H,1-2H3. The van der Waals surface area contributed by atoms with E-state index < -0.39 is 0 Å². The third-order valence-corrected chi connectivity index (χ3v) is 2.05. The van der Waals surface area contributed by atoms with Gasteiger partial charge in [0.2, 0.25) is 0 Å². The highest BCUT2D eigenvalue weighted by atomic mass is 16.5. The Balaban J connectivity index is 2.79. The molecule has 3 nitrogen and oxygen atoms in total. The lowest BCUT2D eigenvalue weighted by Crippen LogP contribution is -1.87. The monoisotopic (exact) mass is 177 g/mol. The first-order valence-electron chi connectivity index (χ1n) is 4.27. The molecule has 0 aliphatic carbocycles. The van der Waals surface area contributed by atoms with Gasteiger partial charge in [-0.3, -0.25) is 0 Å². The average Bonchev–Trinajstić information content (AvgIpc) is 2.49. The van der Waals surface area contributed by atoms with Gasteiger partial charge in [0.1, 0.15) is 5.75 Å². The summed E-state index contributed by atoms with van der Waals surface area (Å²) in [6, 6.07) is 5.19. The molecule has 1 heterocycles. The maximum atomic E-state index is 9.59. The van der Waals surface area contributed by atoms with Gasteiger partial charge in [0, 0.05) is 0 Å². The molecule has 3 heteroatoms. The molecule has 1 aromatic heterocycles. The lowest BCUT2D eigenvalue weighted by molar-refractivity contribution is 0.441. The summed E-state index contributed by atoms with van der Waals surface area (Å²) < 4.78 is 5.08. The highest BCUT2D eigenvalue weighted by molar-refractivity contribution is 5.86. The predicted octanol–water partition coefficient (Wildman–Crippen LogP) is 2.66. The van der Waals surface area contributed by atoms with Crippen molar-refractivity contribution < 1.29 is 9.63 Å². The summed E-state index contributed by atoms with van der Waals surface area (Å²) in [7, 11) is 0. The van der Waals surface area contributed by atoms with E-state index in [2.05, 4.69) is 5.16 Å². The predicted molar refractivity (Wildman–Crippen MR) is 49.8 cm³/mol. The van der Waals surface area contributed by atoms with Crippen LogP contribution in [0.3, 0.4) is 0 Å². The van der Waals surface area contributed by atoms with Gasteiger partial charge in [0.25, 0.3) is 0 Å². The average molecular weight is 177 g/mol. The van der Waals surface area contributed by atoms with Gasteiger partial charge in [-0.2, -0.15) is 0 Å². The summed E-state index contributed by atoms with van der Waals surface area (Å²) >= 11 is 0. The Labute approximate surface area is 76.0 Å². The number of fused-ring (bicyclic) bond motifs is 1. The van der Waals surface area contributed by atoms with Gasteiger partial charge in [0.15, 0.2) is 5.58 Å². The van der Waals surface area contributed by atoms with Gasteiger partial charge in [0.05, 0.1) is 11.1 Å². The van der Waals surface area contributed by atoms with E-state index in [1.165, 1.54) is 0 Å². The molecule has 0 atom stereocenters. The van der Waals surface area contributed by atoms with E-state index in [-0.39, 0.29) is 11.7 Å². The first-order chi connectivity index (χ1) is 6.20. The zero-order valence-electron chi connectivity index (χ0n) is 7.61. The Morgan fingerprint density at radius 3 is 2.85 bits per heavy atom. The van der Waals surface area contributed by atoms with Crippen LogP contribution in [-0.4, -0.2) is 10.3 Å². The van der Waals surface area contributed by atoms with Crippen molar-refractivity contribution in [3.05, 3.63) is 23.9 Å².